The van der Waals surface area contributed by atoms with Crippen LogP contribution >= 0.6 is 0 Å². The fourth-order valence-electron chi connectivity index (χ4n) is 3.05. The van der Waals surface area contributed by atoms with Crippen molar-refractivity contribution < 1.29 is 17.9 Å². The third kappa shape index (κ3) is 5.88. The van der Waals surface area contributed by atoms with Gasteiger partial charge in [-0.15, -0.1) is 0 Å². The van der Waals surface area contributed by atoms with Crippen LogP contribution in [0.3, 0.4) is 0 Å². The second-order valence-electron chi connectivity index (χ2n) is 8.08. The molecule has 0 heterocycles. The molecule has 0 spiro atoms. The highest BCUT2D eigenvalue weighted by atomic mass is 32.2. The van der Waals surface area contributed by atoms with Crippen molar-refractivity contribution >= 4 is 27.3 Å². The first-order valence-corrected chi connectivity index (χ1v) is 11.9. The van der Waals surface area contributed by atoms with E-state index in [4.69, 9.17) is 4.74 Å². The lowest BCUT2D eigenvalue weighted by atomic mass is 10.1. The summed E-state index contributed by atoms with van der Waals surface area (Å²) < 4.78 is 33.8. The van der Waals surface area contributed by atoms with E-state index in [2.05, 4.69) is 23.9 Å². The van der Waals surface area contributed by atoms with Gasteiger partial charge in [-0.2, -0.15) is 0 Å². The Hall–Kier alpha value is -3.32. The Morgan fingerprint density at radius 2 is 1.50 bits per heavy atom. The third-order valence-electron chi connectivity index (χ3n) is 4.84. The molecule has 0 aliphatic carbocycles. The maximum Gasteiger partial charge on any atom is 0.261 e. The van der Waals surface area contributed by atoms with E-state index in [0.29, 0.717) is 35.2 Å². The van der Waals surface area contributed by atoms with Crippen molar-refractivity contribution in [1.29, 1.82) is 0 Å². The number of amides is 1. The number of carbonyl (C=O) groups is 1. The predicted molar refractivity (Wildman–Crippen MR) is 128 cm³/mol. The minimum atomic E-state index is -3.75. The number of hydrogen-bond acceptors (Lipinski definition) is 4. The number of carbonyl (C=O) groups excluding carboxylic acids is 1. The van der Waals surface area contributed by atoms with Crippen LogP contribution in [0, 0.1) is 19.8 Å². The van der Waals surface area contributed by atoms with E-state index in [1.807, 2.05) is 32.0 Å². The van der Waals surface area contributed by atoms with Crippen molar-refractivity contribution in [2.24, 2.45) is 5.92 Å². The Bertz CT molecular complexity index is 1170. The molecular weight excluding hydrogens is 424 g/mol. The van der Waals surface area contributed by atoms with Crippen molar-refractivity contribution in [2.75, 3.05) is 16.6 Å². The first-order chi connectivity index (χ1) is 15.2. The molecule has 7 heteroatoms. The summed E-state index contributed by atoms with van der Waals surface area (Å²) in [6.45, 7) is 8.45. The molecule has 0 bridgehead atoms. The van der Waals surface area contributed by atoms with E-state index in [-0.39, 0.29) is 10.8 Å². The normalized spacial score (nSPS) is 11.3. The van der Waals surface area contributed by atoms with Crippen LogP contribution in [0.2, 0.25) is 0 Å². The first kappa shape index (κ1) is 23.3. The number of nitrogens with one attached hydrogen (secondary N) is 2. The topological polar surface area (TPSA) is 84.5 Å². The van der Waals surface area contributed by atoms with E-state index in [0.717, 1.165) is 11.1 Å². The number of hydrogen-bond donors (Lipinski definition) is 2. The maximum atomic E-state index is 12.8. The summed E-state index contributed by atoms with van der Waals surface area (Å²) in [6.07, 6.45) is 0. The fraction of sp³-hybridized carbons (Fsp3) is 0.240. The number of ether oxygens (including phenoxy) is 1. The third-order valence-corrected chi connectivity index (χ3v) is 6.21. The molecule has 6 nitrogen and oxygen atoms in total. The van der Waals surface area contributed by atoms with Crippen molar-refractivity contribution in [3.05, 3.63) is 83.4 Å². The molecule has 0 aliphatic rings. The molecule has 0 radical (unpaired) electrons. The van der Waals surface area contributed by atoms with Crippen LogP contribution < -0.4 is 14.8 Å². The monoisotopic (exact) mass is 452 g/mol. The number of benzene rings is 3. The van der Waals surface area contributed by atoms with Crippen LogP contribution in [-0.4, -0.2) is 20.9 Å². The van der Waals surface area contributed by atoms with Gasteiger partial charge in [-0.05, 0) is 79.4 Å². The Balaban J connectivity index is 1.67. The molecule has 168 valence electrons. The first-order valence-electron chi connectivity index (χ1n) is 10.4. The van der Waals surface area contributed by atoms with Crippen molar-refractivity contribution in [3.8, 4) is 5.75 Å². The zero-order valence-electron chi connectivity index (χ0n) is 18.7. The van der Waals surface area contributed by atoms with Gasteiger partial charge in [-0.1, -0.05) is 32.0 Å². The van der Waals surface area contributed by atoms with Gasteiger partial charge >= 0.3 is 0 Å². The summed E-state index contributed by atoms with van der Waals surface area (Å²) in [4.78, 5) is 12.6. The highest BCUT2D eigenvalue weighted by molar-refractivity contribution is 7.92. The van der Waals surface area contributed by atoms with E-state index in [1.54, 1.807) is 36.4 Å². The molecule has 3 rings (SSSR count). The predicted octanol–water partition coefficient (Wildman–Crippen LogP) is 5.39. The zero-order chi connectivity index (χ0) is 23.3. The van der Waals surface area contributed by atoms with Crippen molar-refractivity contribution in [2.45, 2.75) is 32.6 Å². The maximum absolute atomic E-state index is 12.8. The van der Waals surface area contributed by atoms with Crippen LogP contribution in [0.4, 0.5) is 11.4 Å². The summed E-state index contributed by atoms with van der Waals surface area (Å²) in [5.41, 5.74) is 3.25. The average molecular weight is 453 g/mol. The summed E-state index contributed by atoms with van der Waals surface area (Å²) >= 11 is 0. The molecule has 0 aromatic heterocycles. The molecule has 0 unspecified atom stereocenters. The quantitative estimate of drug-likeness (QED) is 0.480. The molecule has 0 saturated heterocycles. The number of sulfonamides is 1. The van der Waals surface area contributed by atoms with Gasteiger partial charge < -0.3 is 10.1 Å². The minimum Gasteiger partial charge on any atom is -0.493 e. The SMILES string of the molecule is Cc1cccc(C)c1NS(=O)(=O)c1ccc(NC(=O)c2ccc(OCC(C)C)cc2)cc1. The fourth-order valence-corrected chi connectivity index (χ4v) is 4.26. The van der Waals surface area contributed by atoms with Gasteiger partial charge in [-0.3, -0.25) is 9.52 Å². The summed E-state index contributed by atoms with van der Waals surface area (Å²) in [6, 6.07) is 18.6. The molecule has 2 N–H and O–H groups in total. The lowest BCUT2D eigenvalue weighted by molar-refractivity contribution is 0.102. The second kappa shape index (κ2) is 9.87. The van der Waals surface area contributed by atoms with Crippen molar-refractivity contribution in [3.63, 3.8) is 0 Å². The zero-order valence-corrected chi connectivity index (χ0v) is 19.5. The Kier molecular flexibility index (Phi) is 7.20. The molecule has 3 aromatic carbocycles. The Labute approximate surface area is 189 Å². The standard InChI is InChI=1S/C25H28N2O4S/c1-17(2)16-31-22-12-8-20(9-13-22)25(28)26-21-10-14-23(15-11-21)32(29,30)27-24-18(3)6-5-7-19(24)4/h5-15,17,27H,16H2,1-4H3,(H,26,28). The van der Waals surface area contributed by atoms with E-state index < -0.39 is 10.0 Å². The van der Waals surface area contributed by atoms with Crippen LogP contribution in [0.15, 0.2) is 71.6 Å². The van der Waals surface area contributed by atoms with Gasteiger partial charge in [0.1, 0.15) is 5.75 Å². The Morgan fingerprint density at radius 1 is 0.906 bits per heavy atom. The van der Waals surface area contributed by atoms with Gasteiger partial charge in [0.25, 0.3) is 15.9 Å². The number of aryl methyl sites for hydroxylation is 2. The average Bonchev–Trinajstić information content (AvgIpc) is 2.75. The summed E-state index contributed by atoms with van der Waals surface area (Å²) in [5.74, 6) is 0.839. The summed E-state index contributed by atoms with van der Waals surface area (Å²) in [7, 11) is -3.75. The number of para-hydroxylation sites is 1. The highest BCUT2D eigenvalue weighted by Crippen LogP contribution is 2.24. The molecule has 3 aromatic rings. The lowest BCUT2D eigenvalue weighted by Gasteiger charge is -2.13. The Morgan fingerprint density at radius 3 is 2.06 bits per heavy atom. The minimum absolute atomic E-state index is 0.116. The lowest BCUT2D eigenvalue weighted by Crippen LogP contribution is -2.15. The van der Waals surface area contributed by atoms with E-state index in [1.165, 1.54) is 12.1 Å². The van der Waals surface area contributed by atoms with Gasteiger partial charge in [0.15, 0.2) is 0 Å². The largest absolute Gasteiger partial charge is 0.493 e. The van der Waals surface area contributed by atoms with Crippen LogP contribution in [0.25, 0.3) is 0 Å². The molecule has 1 amide bonds. The van der Waals surface area contributed by atoms with Gasteiger partial charge in [0.05, 0.1) is 17.2 Å². The number of rotatable bonds is 8. The highest BCUT2D eigenvalue weighted by Gasteiger charge is 2.17. The van der Waals surface area contributed by atoms with Crippen LogP contribution in [0.1, 0.15) is 35.3 Å². The van der Waals surface area contributed by atoms with Gasteiger partial charge in [-0.25, -0.2) is 8.42 Å². The van der Waals surface area contributed by atoms with E-state index >= 15 is 0 Å². The van der Waals surface area contributed by atoms with E-state index in [9.17, 15) is 13.2 Å². The molecular formula is C25H28N2O4S. The molecule has 32 heavy (non-hydrogen) atoms. The van der Waals surface area contributed by atoms with Crippen molar-refractivity contribution in [1.82, 2.24) is 0 Å². The van der Waals surface area contributed by atoms with Gasteiger partial charge in [0, 0.05) is 11.3 Å². The summed E-state index contributed by atoms with van der Waals surface area (Å²) in [5, 5.41) is 2.78. The van der Waals surface area contributed by atoms with Crippen LogP contribution in [0.5, 0.6) is 5.75 Å². The molecule has 0 aliphatic heterocycles. The second-order valence-corrected chi connectivity index (χ2v) is 9.76. The number of anilines is 2. The smallest absolute Gasteiger partial charge is 0.261 e. The molecule has 0 atom stereocenters. The van der Waals surface area contributed by atoms with Crippen LogP contribution in [-0.2, 0) is 10.0 Å². The van der Waals surface area contributed by atoms with Gasteiger partial charge in [0.2, 0.25) is 0 Å². The molecule has 0 saturated carbocycles. The molecule has 0 fully saturated rings.